The maximum Gasteiger partial charge on any atom is 0.0130 e. The van der Waals surface area contributed by atoms with Gasteiger partial charge in [0.05, 0.1) is 0 Å². The Morgan fingerprint density at radius 1 is 0.452 bits per heavy atom. The zero-order valence-corrected chi connectivity index (χ0v) is 23.9. The Bertz CT molecular complexity index is 960. The van der Waals surface area contributed by atoms with Crippen LogP contribution in [0.5, 0.6) is 0 Å². The minimum absolute atomic E-state index is 0.301. The van der Waals surface area contributed by atoms with Gasteiger partial charge in [0, 0.05) is 10.7 Å². The van der Waals surface area contributed by atoms with Crippen LogP contribution < -0.4 is 0 Å². The first-order valence-corrected chi connectivity index (χ1v) is 14.4. The summed E-state index contributed by atoms with van der Waals surface area (Å²) in [6, 6.07) is 28.6. The zero-order chi connectivity index (χ0) is 21.3. The highest BCUT2D eigenvalue weighted by Gasteiger charge is 2.64. The van der Waals surface area contributed by atoms with E-state index in [0.717, 1.165) is 5.92 Å². The van der Waals surface area contributed by atoms with E-state index in [4.69, 9.17) is 0 Å². The molecule has 0 heterocycles. The maximum atomic E-state index is 2.44. The van der Waals surface area contributed by atoms with Crippen LogP contribution in [0.15, 0.2) is 72.8 Å². The van der Waals surface area contributed by atoms with Crippen molar-refractivity contribution >= 4 is 67.8 Å². The molecule has 0 radical (unpaired) electrons. The quantitative estimate of drug-likeness (QED) is 0.236. The molecule has 0 spiro atoms. The second kappa shape index (κ2) is 7.69. The molecule has 0 saturated heterocycles. The van der Waals surface area contributed by atoms with Crippen LogP contribution >= 0.6 is 67.8 Å². The summed E-state index contributed by atoms with van der Waals surface area (Å²) < 4.78 is 4.02. The van der Waals surface area contributed by atoms with Gasteiger partial charge in [0.15, 0.2) is 0 Å². The standard InChI is InChI=1S/C28H25I3/c29-23-7-1-20(2-8-23)26-13-19-14-27(16-26,21-3-9-24(30)10-4-21)18-28(15-19,17-26)22-5-11-25(31)12-6-22/h1-12,19H,13-18H2. The van der Waals surface area contributed by atoms with Crippen LogP contribution in [0, 0.1) is 16.6 Å². The predicted molar refractivity (Wildman–Crippen MR) is 154 cm³/mol. The van der Waals surface area contributed by atoms with E-state index in [9.17, 15) is 0 Å². The van der Waals surface area contributed by atoms with E-state index in [0.29, 0.717) is 16.2 Å². The van der Waals surface area contributed by atoms with Crippen LogP contribution in [-0.2, 0) is 16.2 Å². The molecule has 4 fully saturated rings. The van der Waals surface area contributed by atoms with Gasteiger partial charge in [-0.2, -0.15) is 0 Å². The molecule has 3 heteroatoms. The summed E-state index contributed by atoms with van der Waals surface area (Å²) in [6.07, 6.45) is 8.03. The summed E-state index contributed by atoms with van der Waals surface area (Å²) >= 11 is 7.33. The van der Waals surface area contributed by atoms with Gasteiger partial charge in [-0.05, 0) is 182 Å². The summed E-state index contributed by atoms with van der Waals surface area (Å²) in [4.78, 5) is 0. The van der Waals surface area contributed by atoms with Gasteiger partial charge in [-0.25, -0.2) is 0 Å². The van der Waals surface area contributed by atoms with E-state index in [-0.39, 0.29) is 0 Å². The van der Waals surface area contributed by atoms with Gasteiger partial charge < -0.3 is 0 Å². The van der Waals surface area contributed by atoms with Gasteiger partial charge in [-0.3, -0.25) is 0 Å². The second-order valence-corrected chi connectivity index (χ2v) is 14.1. The van der Waals surface area contributed by atoms with E-state index in [2.05, 4.69) is 141 Å². The van der Waals surface area contributed by atoms with Gasteiger partial charge in [0.1, 0.15) is 0 Å². The third-order valence-corrected chi connectivity index (χ3v) is 10.6. The van der Waals surface area contributed by atoms with E-state index in [1.165, 1.54) is 49.2 Å². The smallest absolute Gasteiger partial charge is 0.0130 e. The lowest BCUT2D eigenvalue weighted by Gasteiger charge is -2.67. The normalized spacial score (nSPS) is 33.6. The Kier molecular flexibility index (Phi) is 5.30. The molecule has 0 unspecified atom stereocenters. The average molecular weight is 742 g/mol. The fraction of sp³-hybridized carbons (Fsp3) is 0.357. The van der Waals surface area contributed by atoms with Crippen molar-refractivity contribution in [3.05, 3.63) is 100 Å². The molecule has 4 aliphatic rings. The Balaban J connectivity index is 1.54. The summed E-state index contributed by atoms with van der Waals surface area (Å²) in [5, 5.41) is 0. The van der Waals surface area contributed by atoms with Gasteiger partial charge in [-0.15, -0.1) is 0 Å². The first-order valence-electron chi connectivity index (χ1n) is 11.2. The molecule has 158 valence electrons. The largest absolute Gasteiger partial charge is 0.0574 e. The van der Waals surface area contributed by atoms with Crippen LogP contribution in [0.25, 0.3) is 0 Å². The van der Waals surface area contributed by atoms with Gasteiger partial charge in [0.2, 0.25) is 0 Å². The molecule has 0 atom stereocenters. The van der Waals surface area contributed by atoms with E-state index in [1.54, 1.807) is 16.7 Å². The fourth-order valence-electron chi connectivity index (χ4n) is 7.81. The highest BCUT2D eigenvalue weighted by molar-refractivity contribution is 14.1. The molecule has 7 rings (SSSR count). The lowest BCUT2D eigenvalue weighted by atomic mass is 9.36. The Hall–Kier alpha value is -0.150. The molecule has 0 nitrogen and oxygen atoms in total. The number of hydrogen-bond donors (Lipinski definition) is 0. The third-order valence-electron chi connectivity index (χ3n) is 8.44. The highest BCUT2D eigenvalue weighted by Crippen LogP contribution is 2.70. The monoisotopic (exact) mass is 742 g/mol. The minimum atomic E-state index is 0.301. The number of benzene rings is 3. The molecule has 0 amide bonds. The third kappa shape index (κ3) is 3.54. The van der Waals surface area contributed by atoms with Gasteiger partial charge in [-0.1, -0.05) is 36.4 Å². The molecule has 4 aliphatic carbocycles. The van der Waals surface area contributed by atoms with Crippen molar-refractivity contribution in [1.82, 2.24) is 0 Å². The predicted octanol–water partition coefficient (Wildman–Crippen LogP) is 8.61. The van der Waals surface area contributed by atoms with Crippen molar-refractivity contribution < 1.29 is 0 Å². The summed E-state index contributed by atoms with van der Waals surface area (Å²) in [7, 11) is 0. The van der Waals surface area contributed by atoms with Crippen molar-refractivity contribution in [1.29, 1.82) is 0 Å². The maximum absolute atomic E-state index is 2.44. The van der Waals surface area contributed by atoms with Crippen molar-refractivity contribution in [2.45, 2.75) is 54.8 Å². The topological polar surface area (TPSA) is 0 Å². The molecular weight excluding hydrogens is 717 g/mol. The van der Waals surface area contributed by atoms with Crippen molar-refractivity contribution in [3.8, 4) is 0 Å². The summed E-state index contributed by atoms with van der Waals surface area (Å²) in [5.41, 5.74) is 5.66. The number of halogens is 3. The molecule has 0 aliphatic heterocycles. The van der Waals surface area contributed by atoms with Crippen LogP contribution in [0.1, 0.15) is 55.2 Å². The summed E-state index contributed by atoms with van der Waals surface area (Å²) in [6.45, 7) is 0. The SMILES string of the molecule is Ic1ccc(C23CC4CC(c5ccc(I)cc5)(C2)CC(c2ccc(I)cc2)(C4)C3)cc1. The lowest BCUT2D eigenvalue weighted by molar-refractivity contribution is -0.0493. The van der Waals surface area contributed by atoms with E-state index in [1.807, 2.05) is 0 Å². The molecule has 0 aromatic heterocycles. The first kappa shape index (κ1) is 21.4. The van der Waals surface area contributed by atoms with Crippen molar-refractivity contribution in [2.75, 3.05) is 0 Å². The molecule has 3 aromatic rings. The highest BCUT2D eigenvalue weighted by atomic mass is 127. The van der Waals surface area contributed by atoms with Crippen LogP contribution in [0.4, 0.5) is 0 Å². The molecular formula is C28H25I3. The van der Waals surface area contributed by atoms with Crippen LogP contribution in [0.2, 0.25) is 0 Å². The molecule has 31 heavy (non-hydrogen) atoms. The van der Waals surface area contributed by atoms with Gasteiger partial charge >= 0.3 is 0 Å². The zero-order valence-electron chi connectivity index (χ0n) is 17.4. The number of hydrogen-bond acceptors (Lipinski definition) is 0. The lowest BCUT2D eigenvalue weighted by Crippen LogP contribution is -2.61. The van der Waals surface area contributed by atoms with Crippen LogP contribution in [-0.4, -0.2) is 0 Å². The average Bonchev–Trinajstić information content (AvgIpc) is 2.74. The summed E-state index contributed by atoms with van der Waals surface area (Å²) in [5.74, 6) is 0.814. The molecule has 4 bridgehead atoms. The number of rotatable bonds is 3. The fourth-order valence-corrected chi connectivity index (χ4v) is 8.89. The molecule has 0 N–H and O–H groups in total. The molecule has 3 aromatic carbocycles. The van der Waals surface area contributed by atoms with E-state index < -0.39 is 0 Å². The van der Waals surface area contributed by atoms with Crippen LogP contribution in [0.3, 0.4) is 0 Å². The Morgan fingerprint density at radius 2 is 0.710 bits per heavy atom. The minimum Gasteiger partial charge on any atom is -0.0574 e. The molecule has 4 saturated carbocycles. The van der Waals surface area contributed by atoms with Crippen molar-refractivity contribution in [3.63, 3.8) is 0 Å². The Morgan fingerprint density at radius 3 is 0.968 bits per heavy atom. The van der Waals surface area contributed by atoms with E-state index >= 15 is 0 Å². The van der Waals surface area contributed by atoms with Crippen molar-refractivity contribution in [2.24, 2.45) is 5.92 Å². The Labute approximate surface area is 226 Å². The first-order chi connectivity index (χ1) is 14.9. The van der Waals surface area contributed by atoms with Gasteiger partial charge in [0.25, 0.3) is 0 Å². The second-order valence-electron chi connectivity index (χ2n) is 10.4.